The van der Waals surface area contributed by atoms with Gasteiger partial charge in [0.15, 0.2) is 0 Å². The van der Waals surface area contributed by atoms with Crippen LogP contribution in [0.25, 0.3) is 0 Å². The minimum atomic E-state index is -0.475. The van der Waals surface area contributed by atoms with Crippen LogP contribution in [-0.4, -0.2) is 38.6 Å². The van der Waals surface area contributed by atoms with Crippen LogP contribution in [0.3, 0.4) is 0 Å². The highest BCUT2D eigenvalue weighted by atomic mass is 16.6. The topological polar surface area (TPSA) is 85.0 Å². The zero-order valence-electron chi connectivity index (χ0n) is 14.9. The van der Waals surface area contributed by atoms with E-state index in [9.17, 15) is 10.1 Å². The minimum Gasteiger partial charge on any atom is -0.390 e. The summed E-state index contributed by atoms with van der Waals surface area (Å²) in [5, 5.41) is 17.1. The number of hydrogen-bond donors (Lipinski definition) is 2. The zero-order valence-corrected chi connectivity index (χ0v) is 14.9. The van der Waals surface area contributed by atoms with Crippen LogP contribution in [0.2, 0.25) is 0 Å². The van der Waals surface area contributed by atoms with E-state index in [0.717, 1.165) is 6.54 Å². The summed E-state index contributed by atoms with van der Waals surface area (Å²) in [6.45, 7) is 17.0. The van der Waals surface area contributed by atoms with E-state index < -0.39 is 4.92 Å². The lowest BCUT2D eigenvalue weighted by atomic mass is 10.1. The van der Waals surface area contributed by atoms with Crippen LogP contribution >= 0.6 is 0 Å². The molecule has 0 unspecified atom stereocenters. The van der Waals surface area contributed by atoms with Gasteiger partial charge in [-0.05, 0) is 53.0 Å². The number of nitro groups is 1. The Labute approximate surface area is 133 Å². The predicted octanol–water partition coefficient (Wildman–Crippen LogP) is 2.57. The van der Waals surface area contributed by atoms with Gasteiger partial charge in [-0.15, -0.1) is 0 Å². The third-order valence-electron chi connectivity index (χ3n) is 2.57. The van der Waals surface area contributed by atoms with Gasteiger partial charge in [-0.2, -0.15) is 0 Å². The number of imidazole rings is 1. The van der Waals surface area contributed by atoms with Gasteiger partial charge in [-0.25, -0.2) is 4.57 Å². The van der Waals surface area contributed by atoms with Crippen LogP contribution in [0.1, 0.15) is 48.5 Å². The molecular formula is C15H31N5O2. The molecular weight excluding hydrogens is 282 g/mol. The first kappa shape index (κ1) is 20.5. The smallest absolute Gasteiger partial charge is 0.390 e. The molecule has 128 valence electrons. The summed E-state index contributed by atoms with van der Waals surface area (Å²) in [7, 11) is 0. The number of hydrogen-bond acceptors (Lipinski definition) is 5. The molecule has 0 spiro atoms. The van der Waals surface area contributed by atoms with Gasteiger partial charge in [0.25, 0.3) is 0 Å². The molecule has 1 heterocycles. The van der Waals surface area contributed by atoms with Crippen LogP contribution in [0.4, 0.5) is 5.95 Å². The van der Waals surface area contributed by atoms with Gasteiger partial charge >= 0.3 is 5.95 Å². The lowest BCUT2D eigenvalue weighted by molar-refractivity contribution is -0.396. The first-order valence-corrected chi connectivity index (χ1v) is 7.62. The fraction of sp³-hybridized carbons (Fsp3) is 0.800. The Kier molecular flexibility index (Phi) is 8.26. The van der Waals surface area contributed by atoms with Gasteiger partial charge < -0.3 is 20.7 Å². The summed E-state index contributed by atoms with van der Waals surface area (Å²) in [5.74, 6) is -0.106. The van der Waals surface area contributed by atoms with Crippen molar-refractivity contribution < 1.29 is 4.92 Å². The molecule has 0 aliphatic heterocycles. The van der Waals surface area contributed by atoms with Gasteiger partial charge in [0.2, 0.25) is 0 Å². The van der Waals surface area contributed by atoms with Crippen molar-refractivity contribution >= 4 is 5.95 Å². The third-order valence-corrected chi connectivity index (χ3v) is 2.57. The van der Waals surface area contributed by atoms with Crippen molar-refractivity contribution in [2.75, 3.05) is 13.1 Å². The lowest BCUT2D eigenvalue weighted by Crippen LogP contribution is -2.37. The van der Waals surface area contributed by atoms with Gasteiger partial charge in [-0.1, -0.05) is 11.9 Å². The summed E-state index contributed by atoms with van der Waals surface area (Å²) in [4.78, 5) is 13.7. The highest BCUT2D eigenvalue weighted by Crippen LogP contribution is 2.06. The summed E-state index contributed by atoms with van der Waals surface area (Å²) >= 11 is 0. The molecule has 1 aromatic rings. The van der Waals surface area contributed by atoms with E-state index in [4.69, 9.17) is 0 Å². The van der Waals surface area contributed by atoms with E-state index in [2.05, 4.69) is 64.1 Å². The fourth-order valence-corrected chi connectivity index (χ4v) is 1.73. The van der Waals surface area contributed by atoms with Crippen LogP contribution < -0.4 is 10.6 Å². The van der Waals surface area contributed by atoms with Gasteiger partial charge in [0.1, 0.15) is 12.4 Å². The van der Waals surface area contributed by atoms with E-state index in [1.54, 1.807) is 6.20 Å². The molecule has 0 saturated heterocycles. The molecule has 0 atom stereocenters. The van der Waals surface area contributed by atoms with E-state index in [1.165, 1.54) is 10.8 Å². The minimum absolute atomic E-state index is 0.0232. The molecule has 0 bridgehead atoms. The number of rotatable bonds is 5. The average Bonchev–Trinajstić information content (AvgIpc) is 2.74. The SMILES string of the molecule is CC(C)(C)NCCn1ccnc1[N+](=O)[O-].CCNC(C)(C)C. The summed E-state index contributed by atoms with van der Waals surface area (Å²) in [5.41, 5.74) is 0.324. The summed E-state index contributed by atoms with van der Waals surface area (Å²) < 4.78 is 1.53. The molecule has 1 rings (SSSR count). The maximum Gasteiger partial charge on any atom is 0.434 e. The van der Waals surface area contributed by atoms with Gasteiger partial charge in [0, 0.05) is 17.6 Å². The Bertz CT molecular complexity index is 444. The predicted molar refractivity (Wildman–Crippen MR) is 90.1 cm³/mol. The third kappa shape index (κ3) is 10.3. The molecule has 0 aliphatic rings. The second kappa shape index (κ2) is 8.85. The second-order valence-corrected chi connectivity index (χ2v) is 7.13. The summed E-state index contributed by atoms with van der Waals surface area (Å²) in [6, 6.07) is 0. The molecule has 7 nitrogen and oxygen atoms in total. The first-order valence-electron chi connectivity index (χ1n) is 7.62. The van der Waals surface area contributed by atoms with Crippen LogP contribution in [0.5, 0.6) is 0 Å². The Morgan fingerprint density at radius 3 is 2.09 bits per heavy atom. The summed E-state index contributed by atoms with van der Waals surface area (Å²) in [6.07, 6.45) is 3.05. The van der Waals surface area contributed by atoms with Crippen molar-refractivity contribution in [3.63, 3.8) is 0 Å². The van der Waals surface area contributed by atoms with Crippen molar-refractivity contribution in [3.05, 3.63) is 22.5 Å². The molecule has 0 aliphatic carbocycles. The Morgan fingerprint density at radius 1 is 1.18 bits per heavy atom. The molecule has 0 saturated carbocycles. The van der Waals surface area contributed by atoms with Gasteiger partial charge in [-0.3, -0.25) is 0 Å². The molecule has 1 aromatic heterocycles. The number of nitrogens with zero attached hydrogens (tertiary/aromatic N) is 3. The zero-order chi connectivity index (χ0) is 17.4. The fourth-order valence-electron chi connectivity index (χ4n) is 1.73. The van der Waals surface area contributed by atoms with Crippen LogP contribution in [0.15, 0.2) is 12.4 Å². The molecule has 22 heavy (non-hydrogen) atoms. The van der Waals surface area contributed by atoms with Crippen LogP contribution in [0, 0.1) is 10.1 Å². The second-order valence-electron chi connectivity index (χ2n) is 7.13. The highest BCUT2D eigenvalue weighted by Gasteiger charge is 2.14. The highest BCUT2D eigenvalue weighted by molar-refractivity contribution is 5.06. The first-order chi connectivity index (χ1) is 9.96. The maximum atomic E-state index is 10.5. The molecule has 0 radical (unpaired) electrons. The van der Waals surface area contributed by atoms with Crippen LogP contribution in [-0.2, 0) is 6.54 Å². The molecule has 2 N–H and O–H groups in total. The largest absolute Gasteiger partial charge is 0.434 e. The molecule has 0 amide bonds. The maximum absolute atomic E-state index is 10.5. The standard InChI is InChI=1S/C9H16N4O2.C6H15N/c1-9(2,3)11-5-7-12-6-4-10-8(12)13(14)15;1-5-7-6(2,3)4/h4,6,11H,5,7H2,1-3H3;7H,5H2,1-4H3. The van der Waals surface area contributed by atoms with Crippen molar-refractivity contribution in [3.8, 4) is 0 Å². The molecule has 7 heteroatoms. The Morgan fingerprint density at radius 2 is 1.73 bits per heavy atom. The monoisotopic (exact) mass is 313 g/mol. The van der Waals surface area contributed by atoms with Crippen molar-refractivity contribution in [2.24, 2.45) is 0 Å². The van der Waals surface area contributed by atoms with E-state index in [-0.39, 0.29) is 11.5 Å². The van der Waals surface area contributed by atoms with Crippen molar-refractivity contribution in [1.82, 2.24) is 20.2 Å². The quantitative estimate of drug-likeness (QED) is 0.644. The Balaban J connectivity index is 0.000000534. The van der Waals surface area contributed by atoms with Gasteiger partial charge in [0.05, 0.1) is 6.54 Å². The van der Waals surface area contributed by atoms with E-state index >= 15 is 0 Å². The van der Waals surface area contributed by atoms with Crippen molar-refractivity contribution in [1.29, 1.82) is 0 Å². The average molecular weight is 313 g/mol. The molecule has 0 fully saturated rings. The van der Waals surface area contributed by atoms with E-state index in [0.29, 0.717) is 18.6 Å². The molecule has 0 aromatic carbocycles. The normalized spacial score (nSPS) is 11.8. The van der Waals surface area contributed by atoms with Crippen molar-refractivity contribution in [2.45, 2.75) is 66.1 Å². The Hall–Kier alpha value is -1.47. The lowest BCUT2D eigenvalue weighted by Gasteiger charge is -2.19. The number of nitrogens with one attached hydrogen (secondary N) is 2. The number of aromatic nitrogens is 2. The van der Waals surface area contributed by atoms with E-state index in [1.807, 2.05) is 0 Å².